The molecule has 0 aliphatic carbocycles. The molecule has 0 radical (unpaired) electrons. The van der Waals surface area contributed by atoms with Crippen molar-refractivity contribution >= 4 is 23.2 Å². The highest BCUT2D eigenvalue weighted by Crippen LogP contribution is 2.19. The van der Waals surface area contributed by atoms with E-state index in [0.29, 0.717) is 28.7 Å². The second-order valence-corrected chi connectivity index (χ2v) is 6.19. The number of carbonyl (C=O) groups excluding carboxylic acids is 2. The summed E-state index contributed by atoms with van der Waals surface area (Å²) in [6.45, 7) is 1.74. The quantitative estimate of drug-likeness (QED) is 0.532. The van der Waals surface area contributed by atoms with E-state index in [0.717, 1.165) is 5.56 Å². The van der Waals surface area contributed by atoms with Gasteiger partial charge in [0.2, 0.25) is 0 Å². The van der Waals surface area contributed by atoms with Crippen molar-refractivity contribution in [3.8, 4) is 11.5 Å². The molecule has 2 aromatic carbocycles. The van der Waals surface area contributed by atoms with Crippen molar-refractivity contribution in [1.29, 1.82) is 0 Å². The van der Waals surface area contributed by atoms with Crippen molar-refractivity contribution in [2.24, 2.45) is 0 Å². The standard InChI is InChI=1S/C21H16N4O4/c1-13-22-21(29-25-13)15-6-4-14(5-7-15)19(26)23-16-8-10-17(11-9-16)24-20(27)18-3-2-12-28-18/h2-12H,1H3,(H,23,26)(H,24,27). The molecule has 4 rings (SSSR count). The SMILES string of the molecule is Cc1noc(-c2ccc(C(=O)Nc3ccc(NC(=O)c4ccco4)cc3)cc2)n1. The summed E-state index contributed by atoms with van der Waals surface area (Å²) in [6, 6.07) is 16.9. The summed E-state index contributed by atoms with van der Waals surface area (Å²) >= 11 is 0. The normalized spacial score (nSPS) is 10.5. The number of anilines is 2. The minimum absolute atomic E-state index is 0.224. The third kappa shape index (κ3) is 4.22. The lowest BCUT2D eigenvalue weighted by atomic mass is 10.1. The number of nitrogens with zero attached hydrogens (tertiary/aromatic N) is 2. The van der Waals surface area contributed by atoms with Crippen LogP contribution in [0.2, 0.25) is 0 Å². The number of aryl methyl sites for hydroxylation is 1. The molecule has 4 aromatic rings. The Bertz CT molecular complexity index is 1130. The fraction of sp³-hybridized carbons (Fsp3) is 0.0476. The van der Waals surface area contributed by atoms with Gasteiger partial charge in [0.25, 0.3) is 17.7 Å². The largest absolute Gasteiger partial charge is 0.459 e. The van der Waals surface area contributed by atoms with Gasteiger partial charge in [0, 0.05) is 22.5 Å². The zero-order valence-electron chi connectivity index (χ0n) is 15.4. The summed E-state index contributed by atoms with van der Waals surface area (Å²) in [4.78, 5) is 28.6. The lowest BCUT2D eigenvalue weighted by Gasteiger charge is -2.08. The van der Waals surface area contributed by atoms with E-state index in [1.165, 1.54) is 6.26 Å². The third-order valence-corrected chi connectivity index (χ3v) is 4.07. The molecule has 29 heavy (non-hydrogen) atoms. The van der Waals surface area contributed by atoms with Crippen LogP contribution in [0.5, 0.6) is 0 Å². The van der Waals surface area contributed by atoms with Crippen LogP contribution < -0.4 is 10.6 Å². The molecule has 0 aliphatic rings. The molecule has 2 aromatic heterocycles. The Balaban J connectivity index is 1.38. The average Bonchev–Trinajstić information content (AvgIpc) is 3.41. The van der Waals surface area contributed by atoms with E-state index in [4.69, 9.17) is 8.94 Å². The highest BCUT2D eigenvalue weighted by molar-refractivity contribution is 6.05. The Hall–Kier alpha value is -4.20. The molecular weight excluding hydrogens is 372 g/mol. The molecule has 8 heteroatoms. The van der Waals surface area contributed by atoms with Gasteiger partial charge < -0.3 is 19.6 Å². The number of amides is 2. The first kappa shape index (κ1) is 18.2. The number of hydrogen-bond acceptors (Lipinski definition) is 6. The predicted octanol–water partition coefficient (Wildman–Crippen LogP) is 4.14. The number of benzene rings is 2. The maximum Gasteiger partial charge on any atom is 0.291 e. The predicted molar refractivity (Wildman–Crippen MR) is 106 cm³/mol. The Morgan fingerprint density at radius 2 is 1.52 bits per heavy atom. The van der Waals surface area contributed by atoms with Crippen molar-refractivity contribution in [1.82, 2.24) is 10.1 Å². The van der Waals surface area contributed by atoms with Gasteiger partial charge in [-0.3, -0.25) is 9.59 Å². The molecule has 0 spiro atoms. The maximum absolute atomic E-state index is 12.4. The van der Waals surface area contributed by atoms with E-state index >= 15 is 0 Å². The Kier molecular flexibility index (Phi) is 4.90. The second-order valence-electron chi connectivity index (χ2n) is 6.19. The summed E-state index contributed by atoms with van der Waals surface area (Å²) in [5.41, 5.74) is 2.41. The van der Waals surface area contributed by atoms with Crippen LogP contribution in [0.25, 0.3) is 11.5 Å². The van der Waals surface area contributed by atoms with E-state index in [-0.39, 0.29) is 17.6 Å². The molecule has 144 valence electrons. The van der Waals surface area contributed by atoms with Gasteiger partial charge in [0.1, 0.15) is 0 Å². The molecule has 2 heterocycles. The van der Waals surface area contributed by atoms with Crippen molar-refractivity contribution in [2.45, 2.75) is 6.92 Å². The molecule has 2 amide bonds. The zero-order chi connectivity index (χ0) is 20.2. The molecule has 0 saturated carbocycles. The molecular formula is C21H16N4O4. The Morgan fingerprint density at radius 1 is 0.862 bits per heavy atom. The molecule has 0 fully saturated rings. The summed E-state index contributed by atoms with van der Waals surface area (Å²) in [5, 5.41) is 9.27. The lowest BCUT2D eigenvalue weighted by Crippen LogP contribution is -2.12. The van der Waals surface area contributed by atoms with Crippen LogP contribution in [0.15, 0.2) is 75.9 Å². The fourth-order valence-electron chi connectivity index (χ4n) is 2.62. The lowest BCUT2D eigenvalue weighted by molar-refractivity contribution is 0.0994. The van der Waals surface area contributed by atoms with Crippen LogP contribution >= 0.6 is 0 Å². The maximum atomic E-state index is 12.4. The van der Waals surface area contributed by atoms with Crippen LogP contribution in [0, 0.1) is 6.92 Å². The van der Waals surface area contributed by atoms with Crippen molar-refractivity contribution < 1.29 is 18.5 Å². The molecule has 0 unspecified atom stereocenters. The van der Waals surface area contributed by atoms with Crippen LogP contribution in [0.3, 0.4) is 0 Å². The van der Waals surface area contributed by atoms with Gasteiger partial charge in [0.15, 0.2) is 11.6 Å². The van der Waals surface area contributed by atoms with Gasteiger partial charge in [-0.15, -0.1) is 0 Å². The monoisotopic (exact) mass is 388 g/mol. The van der Waals surface area contributed by atoms with Crippen LogP contribution in [0.1, 0.15) is 26.7 Å². The van der Waals surface area contributed by atoms with Gasteiger partial charge >= 0.3 is 0 Å². The van der Waals surface area contributed by atoms with Gasteiger partial charge in [-0.25, -0.2) is 0 Å². The number of carbonyl (C=O) groups is 2. The first-order valence-electron chi connectivity index (χ1n) is 8.75. The van der Waals surface area contributed by atoms with E-state index in [1.807, 2.05) is 0 Å². The minimum Gasteiger partial charge on any atom is -0.459 e. The van der Waals surface area contributed by atoms with Gasteiger partial charge in [0.05, 0.1) is 6.26 Å². The van der Waals surface area contributed by atoms with Gasteiger partial charge in [-0.1, -0.05) is 5.16 Å². The number of furan rings is 1. The summed E-state index contributed by atoms with van der Waals surface area (Å²) in [6.07, 6.45) is 1.43. The molecule has 2 N–H and O–H groups in total. The van der Waals surface area contributed by atoms with Crippen molar-refractivity contribution in [3.63, 3.8) is 0 Å². The van der Waals surface area contributed by atoms with E-state index < -0.39 is 0 Å². The third-order valence-electron chi connectivity index (χ3n) is 4.07. The summed E-state index contributed by atoms with van der Waals surface area (Å²) in [5.74, 6) is 0.572. The minimum atomic E-state index is -0.344. The molecule has 0 bridgehead atoms. The van der Waals surface area contributed by atoms with E-state index in [2.05, 4.69) is 20.8 Å². The molecule has 0 saturated heterocycles. The molecule has 0 aliphatic heterocycles. The number of nitrogens with one attached hydrogen (secondary N) is 2. The zero-order valence-corrected chi connectivity index (χ0v) is 15.4. The van der Waals surface area contributed by atoms with Crippen LogP contribution in [-0.2, 0) is 0 Å². The molecule has 0 atom stereocenters. The first-order valence-corrected chi connectivity index (χ1v) is 8.75. The van der Waals surface area contributed by atoms with Gasteiger partial charge in [-0.05, 0) is 67.6 Å². The van der Waals surface area contributed by atoms with Crippen LogP contribution in [-0.4, -0.2) is 22.0 Å². The smallest absolute Gasteiger partial charge is 0.291 e. The van der Waals surface area contributed by atoms with Gasteiger partial charge in [-0.2, -0.15) is 4.98 Å². The highest BCUT2D eigenvalue weighted by Gasteiger charge is 2.11. The van der Waals surface area contributed by atoms with Crippen molar-refractivity contribution in [3.05, 3.63) is 84.1 Å². The summed E-state index contributed by atoms with van der Waals surface area (Å²) in [7, 11) is 0. The average molecular weight is 388 g/mol. The highest BCUT2D eigenvalue weighted by atomic mass is 16.5. The number of hydrogen-bond donors (Lipinski definition) is 2. The number of aromatic nitrogens is 2. The first-order chi connectivity index (χ1) is 14.1. The van der Waals surface area contributed by atoms with Crippen LogP contribution in [0.4, 0.5) is 11.4 Å². The Morgan fingerprint density at radius 3 is 2.07 bits per heavy atom. The summed E-state index contributed by atoms with van der Waals surface area (Å²) < 4.78 is 10.2. The molecule has 8 nitrogen and oxygen atoms in total. The second kappa shape index (κ2) is 7.81. The fourth-order valence-corrected chi connectivity index (χ4v) is 2.62. The van der Waals surface area contributed by atoms with E-state index in [9.17, 15) is 9.59 Å². The topological polar surface area (TPSA) is 110 Å². The Labute approximate surface area is 165 Å². The number of rotatable bonds is 5. The van der Waals surface area contributed by atoms with E-state index in [1.54, 1.807) is 67.6 Å². The van der Waals surface area contributed by atoms with Crippen molar-refractivity contribution in [2.75, 3.05) is 10.6 Å².